The average molecular weight is 349 g/mol. The van der Waals surface area contributed by atoms with Crippen LogP contribution < -0.4 is 11.0 Å². The third-order valence-corrected chi connectivity index (χ3v) is 4.49. The van der Waals surface area contributed by atoms with Gasteiger partial charge >= 0.3 is 5.69 Å². The highest BCUT2D eigenvalue weighted by atomic mass is 16.1. The smallest absolute Gasteiger partial charge is 0.323 e. The van der Waals surface area contributed by atoms with E-state index in [9.17, 15) is 9.59 Å². The largest absolute Gasteiger partial charge is 0.349 e. The molecule has 0 spiro atoms. The fraction of sp³-hybridized carbons (Fsp3) is 0.211. The van der Waals surface area contributed by atoms with Crippen LogP contribution in [0.2, 0.25) is 0 Å². The Morgan fingerprint density at radius 3 is 2.88 bits per heavy atom. The van der Waals surface area contributed by atoms with Gasteiger partial charge in [0.15, 0.2) is 0 Å². The van der Waals surface area contributed by atoms with Gasteiger partial charge in [-0.3, -0.25) is 4.79 Å². The number of fused-ring (bicyclic) bond motifs is 2. The fourth-order valence-corrected chi connectivity index (χ4v) is 3.15. The van der Waals surface area contributed by atoms with Gasteiger partial charge < -0.3 is 19.7 Å². The van der Waals surface area contributed by atoms with Crippen LogP contribution >= 0.6 is 0 Å². The van der Waals surface area contributed by atoms with Gasteiger partial charge in [0.1, 0.15) is 5.65 Å². The van der Waals surface area contributed by atoms with Crippen LogP contribution in [0.1, 0.15) is 29.8 Å². The molecule has 7 heteroatoms. The first-order valence-corrected chi connectivity index (χ1v) is 8.44. The number of aromatic amines is 2. The third-order valence-electron chi connectivity index (χ3n) is 4.49. The third kappa shape index (κ3) is 2.99. The van der Waals surface area contributed by atoms with Crippen molar-refractivity contribution < 1.29 is 4.79 Å². The molecular formula is C19H19N5O2. The molecule has 4 aromatic rings. The quantitative estimate of drug-likeness (QED) is 0.527. The molecule has 0 fully saturated rings. The van der Waals surface area contributed by atoms with Crippen molar-refractivity contribution in [2.75, 3.05) is 0 Å². The second-order valence-corrected chi connectivity index (χ2v) is 6.50. The summed E-state index contributed by atoms with van der Waals surface area (Å²) < 4.78 is 1.93. The van der Waals surface area contributed by atoms with Crippen molar-refractivity contribution in [2.24, 2.45) is 0 Å². The van der Waals surface area contributed by atoms with E-state index in [1.807, 2.05) is 61.0 Å². The van der Waals surface area contributed by atoms with Crippen molar-refractivity contribution in [3.63, 3.8) is 0 Å². The zero-order valence-electron chi connectivity index (χ0n) is 14.5. The number of carbonyl (C=O) groups is 1. The van der Waals surface area contributed by atoms with Gasteiger partial charge in [0, 0.05) is 12.4 Å². The van der Waals surface area contributed by atoms with Gasteiger partial charge in [-0.1, -0.05) is 12.1 Å². The van der Waals surface area contributed by atoms with Gasteiger partial charge in [0.2, 0.25) is 5.91 Å². The number of nitrogens with one attached hydrogen (secondary N) is 3. The summed E-state index contributed by atoms with van der Waals surface area (Å²) in [5.74, 6) is -0.0961. The van der Waals surface area contributed by atoms with Gasteiger partial charge in [-0.05, 0) is 43.2 Å². The van der Waals surface area contributed by atoms with E-state index in [1.54, 1.807) is 0 Å². The first kappa shape index (κ1) is 16.1. The number of imidazole rings is 2. The van der Waals surface area contributed by atoms with Crippen molar-refractivity contribution in [1.29, 1.82) is 0 Å². The van der Waals surface area contributed by atoms with Crippen LogP contribution in [0.3, 0.4) is 0 Å². The molecule has 3 aromatic heterocycles. The molecule has 3 N–H and O–H groups in total. The minimum Gasteiger partial charge on any atom is -0.349 e. The Bertz CT molecular complexity index is 1170. The zero-order chi connectivity index (χ0) is 18.3. The van der Waals surface area contributed by atoms with E-state index in [1.165, 1.54) is 0 Å². The van der Waals surface area contributed by atoms with E-state index in [2.05, 4.69) is 20.3 Å². The van der Waals surface area contributed by atoms with Crippen molar-refractivity contribution in [2.45, 2.75) is 26.3 Å². The van der Waals surface area contributed by atoms with Crippen LogP contribution in [0.25, 0.3) is 16.7 Å². The number of hydrogen-bond donors (Lipinski definition) is 3. The molecular weight excluding hydrogens is 330 g/mol. The van der Waals surface area contributed by atoms with E-state index < -0.39 is 0 Å². The summed E-state index contributed by atoms with van der Waals surface area (Å²) in [4.78, 5) is 33.7. The maximum absolute atomic E-state index is 12.4. The maximum atomic E-state index is 12.4. The van der Waals surface area contributed by atoms with E-state index in [4.69, 9.17) is 0 Å². The average Bonchev–Trinajstić information content (AvgIpc) is 3.16. The molecule has 0 saturated carbocycles. The van der Waals surface area contributed by atoms with Crippen LogP contribution in [0.15, 0.2) is 47.5 Å². The SMILES string of the molecule is Cc1cccn2cc(CC(=O)N[C@@H](C)c3ccc4[nH]c(=O)[nH]c4c3)nc12. The Balaban J connectivity index is 1.48. The minimum absolute atomic E-state index is 0.0961. The minimum atomic E-state index is -0.240. The molecule has 1 atom stereocenters. The number of nitrogens with zero attached hydrogens (tertiary/aromatic N) is 2. The predicted octanol–water partition coefficient (Wildman–Crippen LogP) is 2.23. The summed E-state index contributed by atoms with van der Waals surface area (Å²) in [5.41, 5.74) is 4.82. The number of H-pyrrole nitrogens is 2. The first-order chi connectivity index (χ1) is 12.5. The molecule has 132 valence electrons. The number of hydrogen-bond acceptors (Lipinski definition) is 3. The highest BCUT2D eigenvalue weighted by molar-refractivity contribution is 5.79. The molecule has 26 heavy (non-hydrogen) atoms. The summed E-state index contributed by atoms with van der Waals surface area (Å²) in [6.45, 7) is 3.91. The van der Waals surface area contributed by atoms with Gasteiger partial charge in [-0.2, -0.15) is 0 Å². The number of pyridine rings is 1. The predicted molar refractivity (Wildman–Crippen MR) is 99.1 cm³/mol. The lowest BCUT2D eigenvalue weighted by Gasteiger charge is -2.14. The van der Waals surface area contributed by atoms with E-state index in [-0.39, 0.29) is 24.1 Å². The second kappa shape index (κ2) is 6.18. The number of amides is 1. The van der Waals surface area contributed by atoms with E-state index in [0.29, 0.717) is 0 Å². The Hall–Kier alpha value is -3.35. The Labute approximate surface area is 149 Å². The second-order valence-electron chi connectivity index (χ2n) is 6.50. The lowest BCUT2D eigenvalue weighted by atomic mass is 10.1. The number of carbonyl (C=O) groups excluding carboxylic acids is 1. The summed E-state index contributed by atoms with van der Waals surface area (Å²) in [6, 6.07) is 9.37. The molecule has 0 saturated heterocycles. The number of benzene rings is 1. The monoisotopic (exact) mass is 349 g/mol. The maximum Gasteiger partial charge on any atom is 0.323 e. The summed E-state index contributed by atoms with van der Waals surface area (Å²) in [5, 5.41) is 2.98. The number of aryl methyl sites for hydroxylation is 1. The molecule has 3 heterocycles. The number of aromatic nitrogens is 4. The highest BCUT2D eigenvalue weighted by Gasteiger charge is 2.13. The standard InChI is InChI=1S/C19H19N5O2/c1-11-4-3-7-24-10-14(21-18(11)24)9-17(25)20-12(2)13-5-6-15-16(8-13)23-19(26)22-15/h3-8,10,12H,9H2,1-2H3,(H,20,25)(H2,22,23,26)/t12-/m0/s1. The Morgan fingerprint density at radius 1 is 1.27 bits per heavy atom. The normalized spacial score (nSPS) is 12.5. The molecule has 1 aromatic carbocycles. The topological polar surface area (TPSA) is 95.0 Å². The van der Waals surface area contributed by atoms with Crippen LogP contribution in [0, 0.1) is 6.92 Å². The fourth-order valence-electron chi connectivity index (χ4n) is 3.15. The zero-order valence-corrected chi connectivity index (χ0v) is 14.5. The molecule has 0 aliphatic carbocycles. The van der Waals surface area contributed by atoms with Crippen molar-refractivity contribution in [1.82, 2.24) is 24.7 Å². The van der Waals surface area contributed by atoms with E-state index in [0.717, 1.165) is 33.5 Å². The van der Waals surface area contributed by atoms with Crippen LogP contribution in [0.4, 0.5) is 0 Å². The molecule has 1 amide bonds. The summed E-state index contributed by atoms with van der Waals surface area (Å²) in [7, 11) is 0. The summed E-state index contributed by atoms with van der Waals surface area (Å²) in [6.07, 6.45) is 4.02. The van der Waals surface area contributed by atoms with Crippen molar-refractivity contribution in [3.05, 3.63) is 70.0 Å². The summed E-state index contributed by atoms with van der Waals surface area (Å²) >= 11 is 0. The lowest BCUT2D eigenvalue weighted by Crippen LogP contribution is -2.28. The molecule has 7 nitrogen and oxygen atoms in total. The highest BCUT2D eigenvalue weighted by Crippen LogP contribution is 2.17. The number of rotatable bonds is 4. The molecule has 0 aliphatic heterocycles. The molecule has 0 radical (unpaired) electrons. The van der Waals surface area contributed by atoms with Crippen LogP contribution in [0.5, 0.6) is 0 Å². The molecule has 0 aliphatic rings. The first-order valence-electron chi connectivity index (χ1n) is 8.44. The lowest BCUT2D eigenvalue weighted by molar-refractivity contribution is -0.121. The van der Waals surface area contributed by atoms with Crippen LogP contribution in [-0.2, 0) is 11.2 Å². The van der Waals surface area contributed by atoms with Gasteiger partial charge in [0.25, 0.3) is 0 Å². The van der Waals surface area contributed by atoms with Gasteiger partial charge in [-0.15, -0.1) is 0 Å². The Morgan fingerprint density at radius 2 is 2.08 bits per heavy atom. The molecule has 4 rings (SSSR count). The van der Waals surface area contributed by atoms with Gasteiger partial charge in [-0.25, -0.2) is 9.78 Å². The van der Waals surface area contributed by atoms with Crippen LogP contribution in [-0.4, -0.2) is 25.3 Å². The van der Waals surface area contributed by atoms with E-state index >= 15 is 0 Å². The Kier molecular flexibility index (Phi) is 3.84. The molecule has 0 bridgehead atoms. The van der Waals surface area contributed by atoms with Crippen molar-refractivity contribution >= 4 is 22.6 Å². The van der Waals surface area contributed by atoms with Gasteiger partial charge in [0.05, 0.1) is 29.2 Å². The van der Waals surface area contributed by atoms with Crippen molar-refractivity contribution in [3.8, 4) is 0 Å². The molecule has 0 unspecified atom stereocenters.